The molecule has 150 valence electrons. The molecule has 0 atom stereocenters. The van der Waals surface area contributed by atoms with E-state index in [1.807, 2.05) is 56.4 Å². The lowest BCUT2D eigenvalue weighted by Gasteiger charge is -2.24. The van der Waals surface area contributed by atoms with Crippen LogP contribution in [0.3, 0.4) is 0 Å². The summed E-state index contributed by atoms with van der Waals surface area (Å²) < 4.78 is 18.1. The first kappa shape index (κ1) is 18.9. The van der Waals surface area contributed by atoms with E-state index in [4.69, 9.17) is 14.2 Å². The van der Waals surface area contributed by atoms with Gasteiger partial charge in [0.05, 0.1) is 13.3 Å². The van der Waals surface area contributed by atoms with E-state index in [0.717, 1.165) is 22.6 Å². The van der Waals surface area contributed by atoms with Crippen LogP contribution in [-0.4, -0.2) is 36.0 Å². The molecule has 0 aliphatic carbocycles. The number of aromatic nitrogens is 2. The largest absolute Gasteiger partial charge is 0.497 e. The smallest absolute Gasteiger partial charge is 0.251 e. The molecule has 0 saturated carbocycles. The molecule has 1 aliphatic rings. The summed E-state index contributed by atoms with van der Waals surface area (Å²) in [6.45, 7) is 4.74. The summed E-state index contributed by atoms with van der Waals surface area (Å²) in [4.78, 5) is 12.9. The Morgan fingerprint density at radius 1 is 1.10 bits per heavy atom. The van der Waals surface area contributed by atoms with Gasteiger partial charge in [0.25, 0.3) is 5.91 Å². The van der Waals surface area contributed by atoms with Crippen LogP contribution in [0.25, 0.3) is 11.1 Å². The zero-order valence-electron chi connectivity index (χ0n) is 16.6. The summed E-state index contributed by atoms with van der Waals surface area (Å²) >= 11 is 0. The lowest BCUT2D eigenvalue weighted by Crippen LogP contribution is -2.40. The Morgan fingerprint density at radius 3 is 2.69 bits per heavy atom. The number of amides is 1. The van der Waals surface area contributed by atoms with Gasteiger partial charge in [-0.25, -0.2) is 0 Å². The number of nitrogens with zero attached hydrogens (tertiary/aromatic N) is 2. The van der Waals surface area contributed by atoms with Gasteiger partial charge in [-0.3, -0.25) is 9.48 Å². The van der Waals surface area contributed by atoms with E-state index in [9.17, 15) is 4.79 Å². The van der Waals surface area contributed by atoms with Crippen LogP contribution in [-0.2, 0) is 10.3 Å². The second-order valence-corrected chi connectivity index (χ2v) is 7.28. The first-order valence-electron chi connectivity index (χ1n) is 9.38. The lowest BCUT2D eigenvalue weighted by molar-refractivity contribution is -0.123. The Balaban J connectivity index is 1.55. The lowest BCUT2D eigenvalue weighted by atomic mass is 10.0. The molecule has 29 heavy (non-hydrogen) atoms. The first-order chi connectivity index (χ1) is 14.0. The molecular formula is C22H23N3O4. The number of methoxy groups -OCH3 is 1. The molecule has 2 aromatic carbocycles. The maximum Gasteiger partial charge on any atom is 0.251 e. The molecule has 0 radical (unpaired) electrons. The Bertz CT molecular complexity index is 1040. The van der Waals surface area contributed by atoms with Crippen LogP contribution in [0.1, 0.15) is 13.8 Å². The van der Waals surface area contributed by atoms with Crippen molar-refractivity contribution in [2.24, 2.45) is 0 Å². The second kappa shape index (κ2) is 7.50. The van der Waals surface area contributed by atoms with Crippen LogP contribution >= 0.6 is 0 Å². The number of carbonyl (C=O) groups is 1. The fourth-order valence-electron chi connectivity index (χ4n) is 3.09. The zero-order chi connectivity index (χ0) is 20.4. The molecule has 0 bridgehead atoms. The molecule has 1 N–H and O–H groups in total. The number of benzene rings is 2. The zero-order valence-corrected chi connectivity index (χ0v) is 16.6. The number of hydrogen-bond acceptors (Lipinski definition) is 5. The summed E-state index contributed by atoms with van der Waals surface area (Å²) in [5, 5.41) is 7.36. The normalized spacial score (nSPS) is 13.1. The molecule has 3 aromatic rings. The monoisotopic (exact) mass is 393 g/mol. The van der Waals surface area contributed by atoms with Gasteiger partial charge >= 0.3 is 0 Å². The molecule has 2 heterocycles. The number of anilines is 1. The highest BCUT2D eigenvalue weighted by molar-refractivity contribution is 5.96. The van der Waals surface area contributed by atoms with Crippen molar-refractivity contribution in [3.8, 4) is 28.4 Å². The van der Waals surface area contributed by atoms with Gasteiger partial charge in [0.15, 0.2) is 11.5 Å². The van der Waals surface area contributed by atoms with Crippen LogP contribution < -0.4 is 19.5 Å². The van der Waals surface area contributed by atoms with Crippen LogP contribution in [0.15, 0.2) is 54.9 Å². The third-order valence-corrected chi connectivity index (χ3v) is 4.91. The average Bonchev–Trinajstić information content (AvgIpc) is 3.24. The first-order valence-corrected chi connectivity index (χ1v) is 9.38. The Kier molecular flexibility index (Phi) is 4.88. The summed E-state index contributed by atoms with van der Waals surface area (Å²) in [6, 6.07) is 13.0. The van der Waals surface area contributed by atoms with Gasteiger partial charge < -0.3 is 19.5 Å². The van der Waals surface area contributed by atoms with Crippen molar-refractivity contribution in [2.45, 2.75) is 19.4 Å². The van der Waals surface area contributed by atoms with Crippen LogP contribution in [0.2, 0.25) is 0 Å². The molecule has 1 aliphatic heterocycles. The predicted molar refractivity (Wildman–Crippen MR) is 110 cm³/mol. The number of rotatable bonds is 5. The topological polar surface area (TPSA) is 74.6 Å². The Labute approximate surface area is 169 Å². The molecule has 0 spiro atoms. The van der Waals surface area contributed by atoms with E-state index in [1.54, 1.807) is 24.1 Å². The molecule has 1 aromatic heterocycles. The van der Waals surface area contributed by atoms with Crippen molar-refractivity contribution < 1.29 is 19.0 Å². The third-order valence-electron chi connectivity index (χ3n) is 4.91. The molecule has 0 unspecified atom stereocenters. The maximum atomic E-state index is 12.9. The standard InChI is InChI=1S/C22H23N3O4/c1-22(2,21(26)24-17-5-4-6-18(12-17)27-3)25-14-16(13-23-25)15-7-8-19-20(11-15)29-10-9-28-19/h4-8,11-14H,9-10H2,1-3H3,(H,24,26). The maximum absolute atomic E-state index is 12.9. The number of ether oxygens (including phenoxy) is 3. The highest BCUT2D eigenvalue weighted by Crippen LogP contribution is 2.34. The third kappa shape index (κ3) is 3.76. The van der Waals surface area contributed by atoms with Crippen LogP contribution in [0, 0.1) is 0 Å². The fraction of sp³-hybridized carbons (Fsp3) is 0.273. The van der Waals surface area contributed by atoms with E-state index in [1.165, 1.54) is 0 Å². The van der Waals surface area contributed by atoms with Gasteiger partial charge in [0.1, 0.15) is 24.5 Å². The van der Waals surface area contributed by atoms with E-state index < -0.39 is 5.54 Å². The van der Waals surface area contributed by atoms with Crippen molar-refractivity contribution >= 4 is 11.6 Å². The minimum atomic E-state index is -0.894. The molecular weight excluding hydrogens is 370 g/mol. The Morgan fingerprint density at radius 2 is 1.90 bits per heavy atom. The number of carbonyl (C=O) groups excluding carboxylic acids is 1. The summed E-state index contributed by atoms with van der Waals surface area (Å²) in [5.74, 6) is 1.96. The van der Waals surface area contributed by atoms with Gasteiger partial charge in [-0.2, -0.15) is 5.10 Å². The number of hydrogen-bond donors (Lipinski definition) is 1. The van der Waals surface area contributed by atoms with Crippen LogP contribution in [0.5, 0.6) is 17.2 Å². The number of nitrogens with one attached hydrogen (secondary N) is 1. The van der Waals surface area contributed by atoms with Gasteiger partial charge in [0.2, 0.25) is 0 Å². The predicted octanol–water partition coefficient (Wildman–Crippen LogP) is 3.70. The quantitative estimate of drug-likeness (QED) is 0.715. The molecule has 1 amide bonds. The van der Waals surface area contributed by atoms with E-state index in [-0.39, 0.29) is 5.91 Å². The minimum absolute atomic E-state index is 0.178. The molecule has 4 rings (SSSR count). The van der Waals surface area contributed by atoms with Crippen molar-refractivity contribution in [1.29, 1.82) is 0 Å². The van der Waals surface area contributed by atoms with E-state index in [0.29, 0.717) is 24.7 Å². The summed E-state index contributed by atoms with van der Waals surface area (Å²) in [5.41, 5.74) is 1.62. The molecule has 7 nitrogen and oxygen atoms in total. The second-order valence-electron chi connectivity index (χ2n) is 7.28. The number of fused-ring (bicyclic) bond motifs is 1. The van der Waals surface area contributed by atoms with E-state index >= 15 is 0 Å². The van der Waals surface area contributed by atoms with Gasteiger partial charge in [-0.15, -0.1) is 0 Å². The van der Waals surface area contributed by atoms with Crippen molar-refractivity contribution in [3.05, 3.63) is 54.9 Å². The van der Waals surface area contributed by atoms with Gasteiger partial charge in [0, 0.05) is 23.5 Å². The van der Waals surface area contributed by atoms with Gasteiger partial charge in [-0.05, 0) is 43.7 Å². The molecule has 0 fully saturated rings. The SMILES string of the molecule is COc1cccc(NC(=O)C(C)(C)n2cc(-c3ccc4c(c3)OCCO4)cn2)c1. The summed E-state index contributed by atoms with van der Waals surface area (Å²) in [6.07, 6.45) is 3.60. The van der Waals surface area contributed by atoms with Crippen molar-refractivity contribution in [1.82, 2.24) is 9.78 Å². The average molecular weight is 393 g/mol. The minimum Gasteiger partial charge on any atom is -0.497 e. The Hall–Kier alpha value is -3.48. The highest BCUT2D eigenvalue weighted by atomic mass is 16.6. The van der Waals surface area contributed by atoms with Crippen molar-refractivity contribution in [3.63, 3.8) is 0 Å². The summed E-state index contributed by atoms with van der Waals surface area (Å²) in [7, 11) is 1.59. The van der Waals surface area contributed by atoms with Crippen LogP contribution in [0.4, 0.5) is 5.69 Å². The van der Waals surface area contributed by atoms with E-state index in [2.05, 4.69) is 10.4 Å². The highest BCUT2D eigenvalue weighted by Gasteiger charge is 2.31. The molecule has 0 saturated heterocycles. The molecule has 7 heteroatoms. The van der Waals surface area contributed by atoms with Gasteiger partial charge in [-0.1, -0.05) is 12.1 Å². The fourth-order valence-corrected chi connectivity index (χ4v) is 3.09. The van der Waals surface area contributed by atoms with Crippen molar-refractivity contribution in [2.75, 3.05) is 25.6 Å².